The topological polar surface area (TPSA) is 51.1 Å². The Morgan fingerprint density at radius 1 is 1.20 bits per heavy atom. The van der Waals surface area contributed by atoms with E-state index < -0.39 is 0 Å². The average molecular weight is 299 g/mol. The average Bonchev–Trinajstić information content (AvgIpc) is 2.38. The third kappa shape index (κ3) is 4.47. The van der Waals surface area contributed by atoms with E-state index >= 15 is 0 Å². The Hall–Kier alpha value is -1.10. The molecule has 1 heterocycles. The van der Waals surface area contributed by atoms with Crippen molar-refractivity contribution in [2.24, 2.45) is 5.92 Å². The fourth-order valence-electron chi connectivity index (χ4n) is 2.59. The molecule has 1 fully saturated rings. The zero-order valence-electron chi connectivity index (χ0n) is 12.5. The molecule has 0 spiro atoms. The summed E-state index contributed by atoms with van der Waals surface area (Å²) in [5.74, 6) is 1.31. The van der Waals surface area contributed by atoms with E-state index in [1.54, 1.807) is 0 Å². The molecule has 1 saturated carbocycles. The van der Waals surface area contributed by atoms with Crippen LogP contribution < -0.4 is 9.64 Å². The van der Waals surface area contributed by atoms with Crippen molar-refractivity contribution >= 4 is 17.5 Å². The van der Waals surface area contributed by atoms with Gasteiger partial charge in [0, 0.05) is 13.6 Å². The highest BCUT2D eigenvalue weighted by Crippen LogP contribution is 2.25. The molecule has 1 aliphatic carbocycles. The van der Waals surface area contributed by atoms with Crippen molar-refractivity contribution in [3.63, 3.8) is 0 Å². The predicted molar refractivity (Wildman–Crippen MR) is 80.4 cm³/mol. The second kappa shape index (κ2) is 7.07. The summed E-state index contributed by atoms with van der Waals surface area (Å²) in [6.45, 7) is 4.83. The molecular weight excluding hydrogens is 276 g/mol. The summed E-state index contributed by atoms with van der Waals surface area (Å²) < 4.78 is 5.50. The molecule has 1 aromatic rings. The van der Waals surface area contributed by atoms with Gasteiger partial charge >= 0.3 is 6.01 Å². The number of hydrogen-bond donors (Lipinski definition) is 0. The zero-order valence-corrected chi connectivity index (χ0v) is 13.2. The third-order valence-corrected chi connectivity index (χ3v) is 3.68. The molecule has 0 N–H and O–H groups in total. The minimum atomic E-state index is 0.0185. The lowest BCUT2D eigenvalue weighted by atomic mass is 9.89. The fraction of sp³-hybridized carbons (Fsp3) is 0.786. The van der Waals surface area contributed by atoms with Gasteiger partial charge in [0.15, 0.2) is 0 Å². The van der Waals surface area contributed by atoms with Crippen molar-refractivity contribution in [2.45, 2.75) is 52.1 Å². The minimum absolute atomic E-state index is 0.0185. The van der Waals surface area contributed by atoms with Crippen LogP contribution in [0.2, 0.25) is 5.28 Å². The zero-order chi connectivity index (χ0) is 14.5. The van der Waals surface area contributed by atoms with Crippen molar-refractivity contribution in [3.8, 4) is 6.01 Å². The van der Waals surface area contributed by atoms with E-state index in [2.05, 4.69) is 19.9 Å². The van der Waals surface area contributed by atoms with Crippen molar-refractivity contribution in [2.75, 3.05) is 18.5 Å². The van der Waals surface area contributed by atoms with Gasteiger partial charge in [-0.1, -0.05) is 19.3 Å². The van der Waals surface area contributed by atoms with Gasteiger partial charge in [-0.15, -0.1) is 0 Å². The molecule has 0 aliphatic heterocycles. The van der Waals surface area contributed by atoms with Crippen LogP contribution in [-0.2, 0) is 0 Å². The van der Waals surface area contributed by atoms with Gasteiger partial charge in [0.2, 0.25) is 11.2 Å². The molecule has 6 heteroatoms. The van der Waals surface area contributed by atoms with Crippen molar-refractivity contribution in [1.82, 2.24) is 15.0 Å². The fourth-order valence-corrected chi connectivity index (χ4v) is 2.74. The molecule has 0 aromatic carbocycles. The quantitative estimate of drug-likeness (QED) is 0.834. The lowest BCUT2D eigenvalue weighted by Gasteiger charge is -2.27. The summed E-state index contributed by atoms with van der Waals surface area (Å²) in [4.78, 5) is 14.6. The maximum absolute atomic E-state index is 5.95. The second-order valence-electron chi connectivity index (χ2n) is 5.74. The van der Waals surface area contributed by atoms with E-state index in [0.717, 1.165) is 12.5 Å². The number of ether oxygens (including phenoxy) is 1. The number of anilines is 1. The molecule has 0 radical (unpaired) electrons. The van der Waals surface area contributed by atoms with Crippen LogP contribution in [0.1, 0.15) is 46.0 Å². The normalized spacial score (nSPS) is 16.4. The highest BCUT2D eigenvalue weighted by Gasteiger charge is 2.18. The largest absolute Gasteiger partial charge is 0.461 e. The maximum atomic E-state index is 5.95. The summed E-state index contributed by atoms with van der Waals surface area (Å²) in [6, 6.07) is 0.297. The van der Waals surface area contributed by atoms with Gasteiger partial charge in [0.25, 0.3) is 0 Å². The van der Waals surface area contributed by atoms with Crippen LogP contribution in [-0.4, -0.2) is 34.6 Å². The molecule has 0 unspecified atom stereocenters. The highest BCUT2D eigenvalue weighted by molar-refractivity contribution is 6.28. The van der Waals surface area contributed by atoms with E-state index in [1.165, 1.54) is 32.1 Å². The Balaban J connectivity index is 2.04. The van der Waals surface area contributed by atoms with Crippen LogP contribution in [0, 0.1) is 5.92 Å². The number of hydrogen-bond acceptors (Lipinski definition) is 5. The van der Waals surface area contributed by atoms with E-state index in [4.69, 9.17) is 16.3 Å². The van der Waals surface area contributed by atoms with Crippen LogP contribution in [0.3, 0.4) is 0 Å². The smallest absolute Gasteiger partial charge is 0.322 e. The number of rotatable bonds is 5. The van der Waals surface area contributed by atoms with E-state index in [-0.39, 0.29) is 11.4 Å². The van der Waals surface area contributed by atoms with Gasteiger partial charge in [-0.25, -0.2) is 0 Å². The Labute approximate surface area is 125 Å². The summed E-state index contributed by atoms with van der Waals surface area (Å²) in [5.41, 5.74) is 0. The lowest BCUT2D eigenvalue weighted by molar-refractivity contribution is 0.221. The highest BCUT2D eigenvalue weighted by atomic mass is 35.5. The first-order valence-electron chi connectivity index (χ1n) is 7.34. The molecule has 112 valence electrons. The number of nitrogens with zero attached hydrogens (tertiary/aromatic N) is 4. The summed E-state index contributed by atoms with van der Waals surface area (Å²) >= 11 is 5.95. The van der Waals surface area contributed by atoms with E-state index in [9.17, 15) is 0 Å². The van der Waals surface area contributed by atoms with E-state index in [0.29, 0.717) is 12.0 Å². The molecule has 0 saturated heterocycles. The molecule has 2 rings (SSSR count). The lowest BCUT2D eigenvalue weighted by Crippen LogP contribution is -2.28. The molecule has 0 bridgehead atoms. The molecule has 20 heavy (non-hydrogen) atoms. The van der Waals surface area contributed by atoms with Crippen LogP contribution in [0.25, 0.3) is 0 Å². The van der Waals surface area contributed by atoms with Crippen LogP contribution >= 0.6 is 11.6 Å². The Morgan fingerprint density at radius 2 is 1.90 bits per heavy atom. The Morgan fingerprint density at radius 3 is 2.55 bits per heavy atom. The minimum Gasteiger partial charge on any atom is -0.461 e. The predicted octanol–water partition coefficient (Wildman–Crippen LogP) is 3.33. The first-order valence-corrected chi connectivity index (χ1v) is 7.71. The molecule has 5 nitrogen and oxygen atoms in total. The first kappa shape index (κ1) is 15.3. The first-order chi connectivity index (χ1) is 9.54. The number of halogens is 1. The van der Waals surface area contributed by atoms with Gasteiger partial charge in [-0.3, -0.25) is 0 Å². The van der Waals surface area contributed by atoms with Gasteiger partial charge in [0.05, 0.1) is 6.10 Å². The Kier molecular flexibility index (Phi) is 5.40. The molecular formula is C14H23ClN4O. The van der Waals surface area contributed by atoms with Gasteiger partial charge in [-0.2, -0.15) is 15.0 Å². The standard InChI is InChI=1S/C14H23ClN4O/c1-10(2)20-14-17-12(15)16-13(18-14)19(3)9-11-7-5-4-6-8-11/h10-11H,4-9H2,1-3H3. The third-order valence-electron chi connectivity index (χ3n) is 3.52. The van der Waals surface area contributed by atoms with Crippen LogP contribution in [0.4, 0.5) is 5.95 Å². The molecule has 1 aromatic heterocycles. The SMILES string of the molecule is CC(C)Oc1nc(Cl)nc(N(C)CC2CCCCC2)n1. The summed E-state index contributed by atoms with van der Waals surface area (Å²) in [6.07, 6.45) is 6.63. The summed E-state index contributed by atoms with van der Waals surface area (Å²) in [5, 5.41) is 0.182. The van der Waals surface area contributed by atoms with Gasteiger partial charge in [0.1, 0.15) is 0 Å². The maximum Gasteiger partial charge on any atom is 0.322 e. The van der Waals surface area contributed by atoms with Crippen LogP contribution in [0.15, 0.2) is 0 Å². The monoisotopic (exact) mass is 298 g/mol. The van der Waals surface area contributed by atoms with Crippen molar-refractivity contribution in [1.29, 1.82) is 0 Å². The molecule has 0 atom stereocenters. The van der Waals surface area contributed by atoms with Crippen molar-refractivity contribution < 1.29 is 4.74 Å². The second-order valence-corrected chi connectivity index (χ2v) is 6.08. The number of aromatic nitrogens is 3. The summed E-state index contributed by atoms with van der Waals surface area (Å²) in [7, 11) is 2.00. The Bertz CT molecular complexity index is 435. The van der Waals surface area contributed by atoms with E-state index in [1.807, 2.05) is 20.9 Å². The molecule has 1 aliphatic rings. The van der Waals surface area contributed by atoms with Crippen molar-refractivity contribution in [3.05, 3.63) is 5.28 Å². The van der Waals surface area contributed by atoms with Gasteiger partial charge < -0.3 is 9.64 Å². The molecule has 0 amide bonds. The van der Waals surface area contributed by atoms with Gasteiger partial charge in [-0.05, 0) is 44.2 Å². The van der Waals surface area contributed by atoms with Crippen LogP contribution in [0.5, 0.6) is 6.01 Å².